The molecule has 0 aliphatic carbocycles. The van der Waals surface area contributed by atoms with E-state index in [4.69, 9.17) is 4.98 Å². The number of nitrogens with zero attached hydrogens (tertiary/aromatic N) is 3. The van der Waals surface area contributed by atoms with Gasteiger partial charge in [0, 0.05) is 38.8 Å². The zero-order valence-electron chi connectivity index (χ0n) is 12.8. The minimum absolute atomic E-state index is 0.156. The van der Waals surface area contributed by atoms with Crippen molar-refractivity contribution in [3.63, 3.8) is 0 Å². The highest BCUT2D eigenvalue weighted by Crippen LogP contribution is 2.27. The predicted molar refractivity (Wildman–Crippen MR) is 85.1 cm³/mol. The maximum Gasteiger partial charge on any atom is 0.256 e. The minimum atomic E-state index is 0.156. The van der Waals surface area contributed by atoms with E-state index in [0.29, 0.717) is 12.6 Å². The zero-order valence-corrected chi connectivity index (χ0v) is 12.8. The van der Waals surface area contributed by atoms with Crippen molar-refractivity contribution in [1.29, 1.82) is 0 Å². The molecule has 0 spiro atoms. The molecule has 0 aromatic carbocycles. The minimum Gasteiger partial charge on any atom is -0.354 e. The van der Waals surface area contributed by atoms with Crippen molar-refractivity contribution in [3.05, 3.63) is 23.4 Å². The van der Waals surface area contributed by atoms with Crippen LogP contribution in [-0.4, -0.2) is 61.1 Å². The van der Waals surface area contributed by atoms with Crippen LogP contribution in [0.4, 0.5) is 5.82 Å². The summed E-state index contributed by atoms with van der Waals surface area (Å²) in [6.07, 6.45) is 2.24. The van der Waals surface area contributed by atoms with Gasteiger partial charge in [0.25, 0.3) is 5.91 Å². The Labute approximate surface area is 130 Å². The summed E-state index contributed by atoms with van der Waals surface area (Å²) in [4.78, 5) is 21.7. The van der Waals surface area contributed by atoms with Crippen molar-refractivity contribution in [2.75, 3.05) is 44.2 Å². The Hall–Kier alpha value is -1.66. The molecule has 0 bridgehead atoms. The average molecular weight is 301 g/mol. The van der Waals surface area contributed by atoms with E-state index in [0.717, 1.165) is 69.2 Å². The van der Waals surface area contributed by atoms with Crippen LogP contribution in [0.5, 0.6) is 0 Å². The lowest BCUT2D eigenvalue weighted by molar-refractivity contribution is 0.0674. The molecular weight excluding hydrogens is 278 g/mol. The summed E-state index contributed by atoms with van der Waals surface area (Å²) in [5, 5.41) is 6.75. The molecular formula is C16H23N5O. The number of rotatable bonds is 2. The Morgan fingerprint density at radius 1 is 1.14 bits per heavy atom. The first-order chi connectivity index (χ1) is 10.8. The number of nitrogens with one attached hydrogen (secondary N) is 2. The topological polar surface area (TPSA) is 60.5 Å². The number of anilines is 1. The van der Waals surface area contributed by atoms with Gasteiger partial charge in [-0.1, -0.05) is 0 Å². The van der Waals surface area contributed by atoms with Crippen molar-refractivity contribution in [3.8, 4) is 0 Å². The van der Waals surface area contributed by atoms with Gasteiger partial charge in [-0.15, -0.1) is 0 Å². The molecule has 2 fully saturated rings. The number of fused-ring (bicyclic) bond motifs is 1. The monoisotopic (exact) mass is 301 g/mol. The zero-order chi connectivity index (χ0) is 14.9. The normalized spacial score (nSPS) is 25.5. The Morgan fingerprint density at radius 3 is 2.77 bits per heavy atom. The standard InChI is InChI=1S/C16H23N5O/c22-16-13-3-4-15(20-8-6-17-7-9-20)19-14(13)11-21(16)12-2-1-5-18-10-12/h3-4,12,17-18H,1-2,5-11H2. The summed E-state index contributed by atoms with van der Waals surface area (Å²) in [5.74, 6) is 1.17. The van der Waals surface area contributed by atoms with Gasteiger partial charge in [-0.25, -0.2) is 4.98 Å². The van der Waals surface area contributed by atoms with Crippen LogP contribution in [0.2, 0.25) is 0 Å². The van der Waals surface area contributed by atoms with Gasteiger partial charge in [-0.2, -0.15) is 0 Å². The predicted octanol–water partition coefficient (Wildman–Crippen LogP) is 0.199. The summed E-state index contributed by atoms with van der Waals surface area (Å²) in [7, 11) is 0. The Kier molecular flexibility index (Phi) is 3.72. The average Bonchev–Trinajstić information content (AvgIpc) is 2.93. The maximum atomic E-state index is 12.6. The van der Waals surface area contributed by atoms with Crippen LogP contribution >= 0.6 is 0 Å². The molecule has 6 nitrogen and oxygen atoms in total. The molecule has 1 aromatic heterocycles. The van der Waals surface area contributed by atoms with Gasteiger partial charge in [-0.05, 0) is 31.5 Å². The SMILES string of the molecule is O=C1c2ccc(N3CCNCC3)nc2CN1C1CCCNC1. The van der Waals surface area contributed by atoms with Gasteiger partial charge < -0.3 is 20.4 Å². The van der Waals surface area contributed by atoms with E-state index in [-0.39, 0.29) is 5.91 Å². The van der Waals surface area contributed by atoms with Gasteiger partial charge in [0.1, 0.15) is 5.82 Å². The van der Waals surface area contributed by atoms with Gasteiger partial charge >= 0.3 is 0 Å². The van der Waals surface area contributed by atoms with Gasteiger partial charge in [0.2, 0.25) is 0 Å². The summed E-state index contributed by atoms with van der Waals surface area (Å²) in [6, 6.07) is 4.29. The molecule has 3 aliphatic heterocycles. The smallest absolute Gasteiger partial charge is 0.256 e. The third kappa shape index (κ3) is 2.46. The van der Waals surface area contributed by atoms with E-state index in [1.54, 1.807) is 0 Å². The molecule has 2 N–H and O–H groups in total. The summed E-state index contributed by atoms with van der Waals surface area (Å²) < 4.78 is 0. The highest BCUT2D eigenvalue weighted by molar-refractivity contribution is 5.98. The second-order valence-electron chi connectivity index (χ2n) is 6.33. The fraction of sp³-hybridized carbons (Fsp3) is 0.625. The second-order valence-corrected chi connectivity index (χ2v) is 6.33. The van der Waals surface area contributed by atoms with Crippen molar-refractivity contribution in [1.82, 2.24) is 20.5 Å². The molecule has 0 saturated carbocycles. The number of amides is 1. The summed E-state index contributed by atoms with van der Waals surface area (Å²) >= 11 is 0. The molecule has 4 rings (SSSR count). The number of pyridine rings is 1. The van der Waals surface area contributed by atoms with Crippen molar-refractivity contribution in [2.45, 2.75) is 25.4 Å². The first-order valence-corrected chi connectivity index (χ1v) is 8.30. The first kappa shape index (κ1) is 14.0. The van der Waals surface area contributed by atoms with Gasteiger partial charge in [-0.3, -0.25) is 4.79 Å². The van der Waals surface area contributed by atoms with Crippen LogP contribution in [0, 0.1) is 0 Å². The lowest BCUT2D eigenvalue weighted by Crippen LogP contribution is -2.46. The van der Waals surface area contributed by atoms with Crippen LogP contribution in [0.15, 0.2) is 12.1 Å². The summed E-state index contributed by atoms with van der Waals surface area (Å²) in [6.45, 7) is 6.60. The highest BCUT2D eigenvalue weighted by Gasteiger charge is 2.34. The third-order valence-electron chi connectivity index (χ3n) is 4.92. The number of carbonyl (C=O) groups excluding carboxylic acids is 1. The number of carbonyl (C=O) groups is 1. The number of piperazine rings is 1. The van der Waals surface area contributed by atoms with Crippen molar-refractivity contribution in [2.24, 2.45) is 0 Å². The van der Waals surface area contributed by atoms with Gasteiger partial charge in [0.05, 0.1) is 17.8 Å². The molecule has 1 atom stereocenters. The Bertz CT molecular complexity index is 564. The van der Waals surface area contributed by atoms with E-state index in [9.17, 15) is 4.79 Å². The molecule has 118 valence electrons. The largest absolute Gasteiger partial charge is 0.354 e. The second kappa shape index (κ2) is 5.85. The molecule has 2 saturated heterocycles. The molecule has 0 radical (unpaired) electrons. The fourth-order valence-electron chi connectivity index (χ4n) is 3.66. The van der Waals surface area contributed by atoms with Crippen LogP contribution < -0.4 is 15.5 Å². The third-order valence-corrected chi connectivity index (χ3v) is 4.92. The van der Waals surface area contributed by atoms with E-state index in [1.165, 1.54) is 0 Å². The number of hydrogen-bond acceptors (Lipinski definition) is 5. The van der Waals surface area contributed by atoms with Gasteiger partial charge in [0.15, 0.2) is 0 Å². The fourth-order valence-corrected chi connectivity index (χ4v) is 3.66. The van der Waals surface area contributed by atoms with Crippen LogP contribution in [0.3, 0.4) is 0 Å². The van der Waals surface area contributed by atoms with E-state index in [1.807, 2.05) is 17.0 Å². The molecule has 6 heteroatoms. The van der Waals surface area contributed by atoms with Crippen LogP contribution in [-0.2, 0) is 6.54 Å². The number of hydrogen-bond donors (Lipinski definition) is 2. The molecule has 22 heavy (non-hydrogen) atoms. The molecule has 1 aromatic rings. The molecule has 4 heterocycles. The lowest BCUT2D eigenvalue weighted by atomic mass is 10.1. The summed E-state index contributed by atoms with van der Waals surface area (Å²) in [5.41, 5.74) is 1.75. The Morgan fingerprint density at radius 2 is 2.00 bits per heavy atom. The van der Waals surface area contributed by atoms with Crippen molar-refractivity contribution >= 4 is 11.7 Å². The van der Waals surface area contributed by atoms with E-state index in [2.05, 4.69) is 15.5 Å². The molecule has 1 amide bonds. The Balaban J connectivity index is 1.54. The quantitative estimate of drug-likeness (QED) is 0.817. The number of aromatic nitrogens is 1. The number of piperidine rings is 1. The first-order valence-electron chi connectivity index (χ1n) is 8.30. The molecule has 3 aliphatic rings. The maximum absolute atomic E-state index is 12.6. The van der Waals surface area contributed by atoms with E-state index < -0.39 is 0 Å². The molecule has 1 unspecified atom stereocenters. The van der Waals surface area contributed by atoms with E-state index >= 15 is 0 Å². The highest BCUT2D eigenvalue weighted by atomic mass is 16.2. The van der Waals surface area contributed by atoms with Crippen molar-refractivity contribution < 1.29 is 4.79 Å². The lowest BCUT2D eigenvalue weighted by Gasteiger charge is -2.31. The van der Waals surface area contributed by atoms with Crippen LogP contribution in [0.1, 0.15) is 28.9 Å². The van der Waals surface area contributed by atoms with Crippen LogP contribution in [0.25, 0.3) is 0 Å².